The molecule has 1 unspecified atom stereocenters. The molecule has 1 saturated carbocycles. The standard InChI is InChI=1S/C14H28N2/c1-2-6-12-10-16(11-12)14(9-15)13-7-4-3-5-8-13/h12-14H,2-11,15H2,1H3. The first kappa shape index (κ1) is 12.4. The van der Waals surface area contributed by atoms with Gasteiger partial charge in [0.05, 0.1) is 0 Å². The third-order valence-corrected chi connectivity index (χ3v) is 4.59. The van der Waals surface area contributed by atoms with Crippen molar-refractivity contribution in [2.75, 3.05) is 19.6 Å². The molecule has 2 aliphatic rings. The average molecular weight is 224 g/mol. The van der Waals surface area contributed by atoms with E-state index in [2.05, 4.69) is 11.8 Å². The lowest BCUT2D eigenvalue weighted by Crippen LogP contribution is -2.57. The molecule has 2 nitrogen and oxygen atoms in total. The highest BCUT2D eigenvalue weighted by molar-refractivity contribution is 4.90. The Bertz CT molecular complexity index is 193. The quantitative estimate of drug-likeness (QED) is 0.778. The summed E-state index contributed by atoms with van der Waals surface area (Å²) in [4.78, 5) is 2.66. The molecule has 0 amide bonds. The van der Waals surface area contributed by atoms with Crippen LogP contribution in [0, 0.1) is 11.8 Å². The van der Waals surface area contributed by atoms with Crippen LogP contribution in [0.2, 0.25) is 0 Å². The van der Waals surface area contributed by atoms with Crippen molar-refractivity contribution in [3.8, 4) is 0 Å². The van der Waals surface area contributed by atoms with Crippen molar-refractivity contribution >= 4 is 0 Å². The van der Waals surface area contributed by atoms with Crippen LogP contribution in [-0.4, -0.2) is 30.6 Å². The van der Waals surface area contributed by atoms with E-state index in [-0.39, 0.29) is 0 Å². The van der Waals surface area contributed by atoms with E-state index in [1.165, 1.54) is 58.0 Å². The van der Waals surface area contributed by atoms with Gasteiger partial charge in [-0.3, -0.25) is 4.90 Å². The van der Waals surface area contributed by atoms with Crippen LogP contribution < -0.4 is 5.73 Å². The van der Waals surface area contributed by atoms with Gasteiger partial charge in [0.1, 0.15) is 0 Å². The second kappa shape index (κ2) is 6.02. The Labute approximate surface area is 101 Å². The second-order valence-electron chi connectivity index (χ2n) is 5.81. The van der Waals surface area contributed by atoms with Crippen LogP contribution in [0.4, 0.5) is 0 Å². The number of likely N-dealkylation sites (tertiary alicyclic amines) is 1. The Balaban J connectivity index is 1.77. The molecule has 1 heterocycles. The second-order valence-corrected chi connectivity index (χ2v) is 5.81. The minimum atomic E-state index is 0.702. The van der Waals surface area contributed by atoms with E-state index in [0.29, 0.717) is 6.04 Å². The van der Waals surface area contributed by atoms with E-state index < -0.39 is 0 Å². The first-order valence-corrected chi connectivity index (χ1v) is 7.29. The lowest BCUT2D eigenvalue weighted by atomic mass is 9.81. The fourth-order valence-electron chi connectivity index (χ4n) is 3.63. The van der Waals surface area contributed by atoms with Crippen molar-refractivity contribution in [3.05, 3.63) is 0 Å². The smallest absolute Gasteiger partial charge is 0.0246 e. The summed E-state index contributed by atoms with van der Waals surface area (Å²) in [6.07, 6.45) is 9.94. The van der Waals surface area contributed by atoms with Crippen molar-refractivity contribution in [3.63, 3.8) is 0 Å². The summed E-state index contributed by atoms with van der Waals surface area (Å²) in [5.74, 6) is 1.88. The minimum Gasteiger partial charge on any atom is -0.329 e. The molecule has 2 N–H and O–H groups in total. The molecule has 0 radical (unpaired) electrons. The van der Waals surface area contributed by atoms with E-state index in [1.54, 1.807) is 0 Å². The van der Waals surface area contributed by atoms with E-state index in [0.717, 1.165) is 18.4 Å². The highest BCUT2D eigenvalue weighted by Gasteiger charge is 2.35. The van der Waals surface area contributed by atoms with E-state index in [4.69, 9.17) is 5.73 Å². The van der Waals surface area contributed by atoms with Gasteiger partial charge < -0.3 is 5.73 Å². The van der Waals surface area contributed by atoms with Crippen LogP contribution in [0.3, 0.4) is 0 Å². The molecular formula is C14H28N2. The maximum Gasteiger partial charge on any atom is 0.0246 e. The summed E-state index contributed by atoms with van der Waals surface area (Å²) in [5.41, 5.74) is 5.99. The van der Waals surface area contributed by atoms with Gasteiger partial charge in [0.25, 0.3) is 0 Å². The van der Waals surface area contributed by atoms with Gasteiger partial charge >= 0.3 is 0 Å². The Morgan fingerprint density at radius 2 is 1.88 bits per heavy atom. The van der Waals surface area contributed by atoms with Crippen LogP contribution in [0.25, 0.3) is 0 Å². The monoisotopic (exact) mass is 224 g/mol. The zero-order valence-corrected chi connectivity index (χ0v) is 10.8. The molecule has 0 aromatic rings. The van der Waals surface area contributed by atoms with Crippen molar-refractivity contribution in [2.24, 2.45) is 17.6 Å². The van der Waals surface area contributed by atoms with Crippen LogP contribution >= 0.6 is 0 Å². The van der Waals surface area contributed by atoms with Crippen molar-refractivity contribution in [1.82, 2.24) is 4.90 Å². The van der Waals surface area contributed by atoms with Gasteiger partial charge in [-0.15, -0.1) is 0 Å². The Kier molecular flexibility index (Phi) is 4.66. The molecule has 0 aromatic heterocycles. The first-order valence-electron chi connectivity index (χ1n) is 7.29. The summed E-state index contributed by atoms with van der Waals surface area (Å²) in [5, 5.41) is 0. The summed E-state index contributed by atoms with van der Waals surface area (Å²) in [6, 6.07) is 0.702. The molecule has 0 bridgehead atoms. The van der Waals surface area contributed by atoms with Crippen LogP contribution in [0.15, 0.2) is 0 Å². The summed E-state index contributed by atoms with van der Waals surface area (Å²) < 4.78 is 0. The zero-order valence-electron chi connectivity index (χ0n) is 10.8. The van der Waals surface area contributed by atoms with Gasteiger partial charge in [0, 0.05) is 25.7 Å². The Morgan fingerprint density at radius 3 is 2.44 bits per heavy atom. The Morgan fingerprint density at radius 1 is 1.19 bits per heavy atom. The molecule has 2 rings (SSSR count). The minimum absolute atomic E-state index is 0.702. The molecule has 94 valence electrons. The van der Waals surface area contributed by atoms with Crippen molar-refractivity contribution in [2.45, 2.75) is 57.9 Å². The number of nitrogens with zero attached hydrogens (tertiary/aromatic N) is 1. The predicted octanol–water partition coefficient (Wildman–Crippen LogP) is 2.63. The third kappa shape index (κ3) is 2.78. The lowest BCUT2D eigenvalue weighted by molar-refractivity contribution is 0.0158. The van der Waals surface area contributed by atoms with Crippen LogP contribution in [-0.2, 0) is 0 Å². The van der Waals surface area contributed by atoms with Gasteiger partial charge in [-0.2, -0.15) is 0 Å². The molecule has 1 saturated heterocycles. The molecule has 0 spiro atoms. The molecule has 16 heavy (non-hydrogen) atoms. The number of hydrogen-bond donors (Lipinski definition) is 1. The normalized spacial score (nSPS) is 26.6. The maximum atomic E-state index is 5.99. The molecule has 0 aromatic carbocycles. The van der Waals surface area contributed by atoms with Gasteiger partial charge in [-0.05, 0) is 31.1 Å². The number of rotatable bonds is 5. The fraction of sp³-hybridized carbons (Fsp3) is 1.00. The topological polar surface area (TPSA) is 29.3 Å². The molecule has 1 aliphatic heterocycles. The third-order valence-electron chi connectivity index (χ3n) is 4.59. The molecule has 2 fully saturated rings. The maximum absolute atomic E-state index is 5.99. The predicted molar refractivity (Wildman–Crippen MR) is 69.4 cm³/mol. The summed E-state index contributed by atoms with van der Waals surface area (Å²) >= 11 is 0. The fourth-order valence-corrected chi connectivity index (χ4v) is 3.63. The van der Waals surface area contributed by atoms with Gasteiger partial charge in [-0.25, -0.2) is 0 Å². The van der Waals surface area contributed by atoms with E-state index in [9.17, 15) is 0 Å². The van der Waals surface area contributed by atoms with Crippen molar-refractivity contribution < 1.29 is 0 Å². The van der Waals surface area contributed by atoms with Gasteiger partial charge in [0.2, 0.25) is 0 Å². The van der Waals surface area contributed by atoms with Gasteiger partial charge in [0.15, 0.2) is 0 Å². The molecule has 1 aliphatic carbocycles. The Hall–Kier alpha value is -0.0800. The van der Waals surface area contributed by atoms with Crippen LogP contribution in [0.1, 0.15) is 51.9 Å². The van der Waals surface area contributed by atoms with Gasteiger partial charge in [-0.1, -0.05) is 32.6 Å². The highest BCUT2D eigenvalue weighted by Crippen LogP contribution is 2.32. The van der Waals surface area contributed by atoms with E-state index >= 15 is 0 Å². The lowest BCUT2D eigenvalue weighted by Gasteiger charge is -2.47. The number of nitrogens with two attached hydrogens (primary N) is 1. The largest absolute Gasteiger partial charge is 0.329 e. The highest BCUT2D eigenvalue weighted by atomic mass is 15.2. The number of hydrogen-bond acceptors (Lipinski definition) is 2. The average Bonchev–Trinajstić information content (AvgIpc) is 2.28. The molecule has 1 atom stereocenters. The van der Waals surface area contributed by atoms with Crippen molar-refractivity contribution in [1.29, 1.82) is 0 Å². The SMILES string of the molecule is CCCC1CN(C(CN)C2CCCCC2)C1. The summed E-state index contributed by atoms with van der Waals surface area (Å²) in [7, 11) is 0. The van der Waals surface area contributed by atoms with Crippen LogP contribution in [0.5, 0.6) is 0 Å². The first-order chi connectivity index (χ1) is 7.85. The van der Waals surface area contributed by atoms with E-state index in [1.807, 2.05) is 0 Å². The molecular weight excluding hydrogens is 196 g/mol. The summed E-state index contributed by atoms with van der Waals surface area (Å²) in [6.45, 7) is 5.83. The zero-order chi connectivity index (χ0) is 11.4. The molecule has 2 heteroatoms.